The van der Waals surface area contributed by atoms with Gasteiger partial charge >= 0.3 is 0 Å². The molecule has 2 amide bonds. The molecule has 0 saturated carbocycles. The molecule has 2 aromatic carbocycles. The van der Waals surface area contributed by atoms with Crippen molar-refractivity contribution < 1.29 is 14.3 Å². The van der Waals surface area contributed by atoms with Crippen LogP contribution in [0.1, 0.15) is 24.9 Å². The zero-order valence-electron chi connectivity index (χ0n) is 14.4. The Kier molecular flexibility index (Phi) is 5.03. The Hall–Kier alpha value is -2.82. The smallest absolute Gasteiger partial charge is 0.229 e. The maximum atomic E-state index is 12.5. The minimum atomic E-state index is -0.343. The number of carbonyl (C=O) groups excluding carboxylic acids is 2. The summed E-state index contributed by atoms with van der Waals surface area (Å²) < 4.78 is 5.16. The van der Waals surface area contributed by atoms with E-state index in [9.17, 15) is 9.59 Å². The first-order valence-electron chi connectivity index (χ1n) is 8.38. The highest BCUT2D eigenvalue weighted by molar-refractivity contribution is 5.97. The van der Waals surface area contributed by atoms with Gasteiger partial charge in [-0.25, -0.2) is 0 Å². The summed E-state index contributed by atoms with van der Waals surface area (Å²) in [4.78, 5) is 26.7. The number of nitrogens with zero attached hydrogens (tertiary/aromatic N) is 1. The average Bonchev–Trinajstić information content (AvgIpc) is 3.04. The molecule has 1 heterocycles. The first-order chi connectivity index (χ1) is 12.1. The predicted octanol–water partition coefficient (Wildman–Crippen LogP) is 3.24. The number of hydrogen-bond donors (Lipinski definition) is 1. The second-order valence-corrected chi connectivity index (χ2v) is 6.26. The van der Waals surface area contributed by atoms with E-state index < -0.39 is 0 Å². The van der Waals surface area contributed by atoms with Gasteiger partial charge in [0, 0.05) is 24.7 Å². The topological polar surface area (TPSA) is 58.6 Å². The maximum Gasteiger partial charge on any atom is 0.229 e. The summed E-state index contributed by atoms with van der Waals surface area (Å²) in [5.41, 5.74) is 1.75. The van der Waals surface area contributed by atoms with E-state index in [4.69, 9.17) is 4.74 Å². The summed E-state index contributed by atoms with van der Waals surface area (Å²) >= 11 is 0. The number of methoxy groups -OCH3 is 1. The van der Waals surface area contributed by atoms with Crippen molar-refractivity contribution in [2.45, 2.75) is 19.4 Å². The molecule has 2 aromatic rings. The van der Waals surface area contributed by atoms with Gasteiger partial charge in [0.15, 0.2) is 0 Å². The van der Waals surface area contributed by atoms with E-state index in [1.165, 1.54) is 0 Å². The highest BCUT2D eigenvalue weighted by Gasteiger charge is 2.37. The largest absolute Gasteiger partial charge is 0.497 e. The highest BCUT2D eigenvalue weighted by Crippen LogP contribution is 2.29. The van der Waals surface area contributed by atoms with Crippen molar-refractivity contribution in [2.75, 3.05) is 19.0 Å². The Morgan fingerprint density at radius 2 is 1.96 bits per heavy atom. The molecule has 1 N–H and O–H groups in total. The molecular weight excluding hydrogens is 316 g/mol. The second kappa shape index (κ2) is 7.38. The molecule has 5 heteroatoms. The Morgan fingerprint density at radius 3 is 2.68 bits per heavy atom. The van der Waals surface area contributed by atoms with Crippen molar-refractivity contribution >= 4 is 17.5 Å². The lowest BCUT2D eigenvalue weighted by atomic mass is 10.1. The van der Waals surface area contributed by atoms with Crippen LogP contribution in [0.5, 0.6) is 5.75 Å². The van der Waals surface area contributed by atoms with E-state index in [0.29, 0.717) is 18.0 Å². The molecule has 0 aliphatic carbocycles. The van der Waals surface area contributed by atoms with Gasteiger partial charge in [-0.05, 0) is 24.6 Å². The molecule has 0 aromatic heterocycles. The fourth-order valence-corrected chi connectivity index (χ4v) is 3.14. The molecule has 5 nitrogen and oxygen atoms in total. The van der Waals surface area contributed by atoms with Crippen LogP contribution in [0.25, 0.3) is 0 Å². The van der Waals surface area contributed by atoms with Crippen molar-refractivity contribution in [2.24, 2.45) is 5.92 Å². The molecule has 25 heavy (non-hydrogen) atoms. The lowest BCUT2D eigenvalue weighted by Gasteiger charge is -2.25. The van der Waals surface area contributed by atoms with Crippen LogP contribution in [-0.4, -0.2) is 30.4 Å². The van der Waals surface area contributed by atoms with Gasteiger partial charge < -0.3 is 15.0 Å². The highest BCUT2D eigenvalue weighted by atomic mass is 16.5. The van der Waals surface area contributed by atoms with Crippen LogP contribution in [-0.2, 0) is 9.59 Å². The first-order valence-corrected chi connectivity index (χ1v) is 8.38. The summed E-state index contributed by atoms with van der Waals surface area (Å²) in [6, 6.07) is 17.0. The maximum absolute atomic E-state index is 12.5. The van der Waals surface area contributed by atoms with E-state index in [0.717, 1.165) is 5.56 Å². The van der Waals surface area contributed by atoms with Crippen molar-refractivity contribution in [3.63, 3.8) is 0 Å². The van der Waals surface area contributed by atoms with Gasteiger partial charge in [0.2, 0.25) is 11.8 Å². The molecule has 0 radical (unpaired) electrons. The standard InChI is InChI=1S/C20H22N2O3/c1-14(15-7-4-3-5-8-15)22-13-16(11-19(22)23)20(24)21-17-9-6-10-18(12-17)25-2/h3-10,12,14,16H,11,13H2,1-2H3,(H,21,24)/t14-,16-/m1/s1. The van der Waals surface area contributed by atoms with Gasteiger partial charge in [-0.15, -0.1) is 0 Å². The molecule has 1 fully saturated rings. The summed E-state index contributed by atoms with van der Waals surface area (Å²) in [5.74, 6) is 0.219. The quantitative estimate of drug-likeness (QED) is 0.910. The van der Waals surface area contributed by atoms with E-state index in [1.807, 2.05) is 55.5 Å². The number of likely N-dealkylation sites (tertiary alicyclic amines) is 1. The molecule has 2 atom stereocenters. The summed E-state index contributed by atoms with van der Waals surface area (Å²) in [5, 5.41) is 2.88. The molecule has 0 spiro atoms. The zero-order chi connectivity index (χ0) is 17.8. The van der Waals surface area contributed by atoms with Gasteiger partial charge in [-0.3, -0.25) is 9.59 Å². The summed E-state index contributed by atoms with van der Waals surface area (Å²) in [6.45, 7) is 2.43. The first kappa shape index (κ1) is 17.0. The van der Waals surface area contributed by atoms with Gasteiger partial charge in [0.25, 0.3) is 0 Å². The van der Waals surface area contributed by atoms with Crippen LogP contribution in [0.2, 0.25) is 0 Å². The number of anilines is 1. The third kappa shape index (κ3) is 3.82. The third-order valence-corrected chi connectivity index (χ3v) is 4.62. The molecule has 0 unspecified atom stereocenters. The van der Waals surface area contributed by atoms with Crippen LogP contribution in [0.4, 0.5) is 5.69 Å². The fourth-order valence-electron chi connectivity index (χ4n) is 3.14. The monoisotopic (exact) mass is 338 g/mol. The number of rotatable bonds is 5. The van der Waals surface area contributed by atoms with E-state index in [2.05, 4.69) is 5.32 Å². The Labute approximate surface area is 147 Å². The van der Waals surface area contributed by atoms with Gasteiger partial charge in [-0.1, -0.05) is 36.4 Å². The fraction of sp³-hybridized carbons (Fsp3) is 0.300. The predicted molar refractivity (Wildman–Crippen MR) is 96.3 cm³/mol. The Bertz CT molecular complexity index is 761. The van der Waals surface area contributed by atoms with Crippen molar-refractivity contribution in [1.29, 1.82) is 0 Å². The lowest BCUT2D eigenvalue weighted by Crippen LogP contribution is -2.30. The van der Waals surface area contributed by atoms with E-state index >= 15 is 0 Å². The van der Waals surface area contributed by atoms with E-state index in [-0.39, 0.29) is 30.2 Å². The average molecular weight is 338 g/mol. The Morgan fingerprint density at radius 1 is 1.20 bits per heavy atom. The number of amides is 2. The van der Waals surface area contributed by atoms with Gasteiger partial charge in [0.1, 0.15) is 5.75 Å². The molecule has 1 aliphatic rings. The van der Waals surface area contributed by atoms with Crippen molar-refractivity contribution in [3.8, 4) is 5.75 Å². The molecule has 0 bridgehead atoms. The van der Waals surface area contributed by atoms with Crippen molar-refractivity contribution in [3.05, 3.63) is 60.2 Å². The number of hydrogen-bond acceptors (Lipinski definition) is 3. The number of benzene rings is 2. The lowest BCUT2D eigenvalue weighted by molar-refractivity contribution is -0.129. The third-order valence-electron chi connectivity index (χ3n) is 4.62. The Balaban J connectivity index is 1.66. The number of nitrogens with one attached hydrogen (secondary N) is 1. The van der Waals surface area contributed by atoms with Gasteiger partial charge in [-0.2, -0.15) is 0 Å². The van der Waals surface area contributed by atoms with Crippen LogP contribution < -0.4 is 10.1 Å². The number of ether oxygens (including phenoxy) is 1. The molecular formula is C20H22N2O3. The summed E-state index contributed by atoms with van der Waals surface area (Å²) in [6.07, 6.45) is 0.243. The van der Waals surface area contributed by atoms with Crippen LogP contribution >= 0.6 is 0 Å². The minimum absolute atomic E-state index is 0.0159. The van der Waals surface area contributed by atoms with Crippen molar-refractivity contribution in [1.82, 2.24) is 4.90 Å². The van der Waals surface area contributed by atoms with Crippen LogP contribution in [0.15, 0.2) is 54.6 Å². The normalized spacial score (nSPS) is 18.1. The van der Waals surface area contributed by atoms with Crippen LogP contribution in [0.3, 0.4) is 0 Å². The molecule has 1 saturated heterocycles. The molecule has 1 aliphatic heterocycles. The van der Waals surface area contributed by atoms with E-state index in [1.54, 1.807) is 18.1 Å². The minimum Gasteiger partial charge on any atom is -0.497 e. The molecule has 130 valence electrons. The molecule has 3 rings (SSSR count). The van der Waals surface area contributed by atoms with Crippen LogP contribution in [0, 0.1) is 5.92 Å². The summed E-state index contributed by atoms with van der Waals surface area (Å²) in [7, 11) is 1.58. The van der Waals surface area contributed by atoms with Gasteiger partial charge in [0.05, 0.1) is 19.1 Å². The second-order valence-electron chi connectivity index (χ2n) is 6.26. The SMILES string of the molecule is COc1cccc(NC(=O)[C@@H]2CC(=O)N([C@H](C)c3ccccc3)C2)c1. The number of carbonyl (C=O) groups is 2. The zero-order valence-corrected chi connectivity index (χ0v) is 14.4.